The van der Waals surface area contributed by atoms with Gasteiger partial charge in [-0.25, -0.2) is 12.8 Å². The minimum atomic E-state index is -3.77. The largest absolute Gasteiger partial charge is 0.278 e. The maximum Gasteiger partial charge on any atom is 0.262 e. The predicted octanol–water partition coefficient (Wildman–Crippen LogP) is 3.35. The lowest BCUT2D eigenvalue weighted by Gasteiger charge is -2.11. The van der Waals surface area contributed by atoms with Crippen LogP contribution in [-0.4, -0.2) is 14.7 Å². The van der Waals surface area contributed by atoms with Gasteiger partial charge in [0.1, 0.15) is 5.82 Å². The SMILES string of the molecule is CSc1ccccc1NS(=O)(=O)c1cccc(F)c1. The first-order valence-corrected chi connectivity index (χ1v) is 8.15. The van der Waals surface area contributed by atoms with Crippen molar-refractivity contribution in [2.24, 2.45) is 0 Å². The Bertz CT molecular complexity index is 687. The highest BCUT2D eigenvalue weighted by atomic mass is 32.2. The summed E-state index contributed by atoms with van der Waals surface area (Å²) in [6.45, 7) is 0. The zero-order valence-corrected chi connectivity index (χ0v) is 11.8. The molecule has 100 valence electrons. The van der Waals surface area contributed by atoms with Crippen molar-refractivity contribution in [1.82, 2.24) is 0 Å². The van der Waals surface area contributed by atoms with Gasteiger partial charge in [0, 0.05) is 4.90 Å². The minimum Gasteiger partial charge on any atom is -0.278 e. The first kappa shape index (κ1) is 13.9. The highest BCUT2D eigenvalue weighted by Gasteiger charge is 2.16. The topological polar surface area (TPSA) is 46.2 Å². The lowest BCUT2D eigenvalue weighted by Crippen LogP contribution is -2.13. The standard InChI is InChI=1S/C13H12FNO2S2/c1-18-13-8-3-2-7-12(13)15-19(16,17)11-6-4-5-10(14)9-11/h2-9,15H,1H3. The summed E-state index contributed by atoms with van der Waals surface area (Å²) in [6.07, 6.45) is 1.86. The first-order chi connectivity index (χ1) is 9.03. The van der Waals surface area contributed by atoms with Crippen LogP contribution in [0.2, 0.25) is 0 Å². The molecule has 1 N–H and O–H groups in total. The number of nitrogens with one attached hydrogen (secondary N) is 1. The molecule has 2 aromatic rings. The lowest BCUT2D eigenvalue weighted by atomic mass is 10.3. The number of rotatable bonds is 4. The third-order valence-corrected chi connectivity index (χ3v) is 4.62. The smallest absolute Gasteiger partial charge is 0.262 e. The molecule has 0 radical (unpaired) electrons. The van der Waals surface area contributed by atoms with Gasteiger partial charge in [-0.3, -0.25) is 4.72 Å². The Morgan fingerprint density at radius 2 is 1.84 bits per heavy atom. The molecular formula is C13H12FNO2S2. The highest BCUT2D eigenvalue weighted by Crippen LogP contribution is 2.27. The van der Waals surface area contributed by atoms with Gasteiger partial charge in [-0.15, -0.1) is 11.8 Å². The maximum atomic E-state index is 13.1. The summed E-state index contributed by atoms with van der Waals surface area (Å²) in [5.41, 5.74) is 0.485. The van der Waals surface area contributed by atoms with Crippen LogP contribution in [0.5, 0.6) is 0 Å². The molecule has 0 aliphatic carbocycles. The van der Waals surface area contributed by atoms with Crippen LogP contribution in [0.15, 0.2) is 58.3 Å². The van der Waals surface area contributed by atoms with Crippen molar-refractivity contribution in [3.05, 3.63) is 54.3 Å². The van der Waals surface area contributed by atoms with Crippen LogP contribution in [0, 0.1) is 5.82 Å². The Labute approximate surface area is 115 Å². The van der Waals surface area contributed by atoms with E-state index in [0.29, 0.717) is 5.69 Å². The molecule has 0 saturated heterocycles. The molecule has 3 nitrogen and oxygen atoms in total. The second-order valence-electron chi connectivity index (χ2n) is 3.76. The van der Waals surface area contributed by atoms with Crippen LogP contribution in [0.25, 0.3) is 0 Å². The van der Waals surface area contributed by atoms with E-state index in [9.17, 15) is 12.8 Å². The van der Waals surface area contributed by atoms with E-state index in [1.54, 1.807) is 12.1 Å². The fourth-order valence-electron chi connectivity index (χ4n) is 1.57. The Hall–Kier alpha value is -1.53. The molecule has 0 aromatic heterocycles. The van der Waals surface area contributed by atoms with Crippen LogP contribution in [0.1, 0.15) is 0 Å². The average molecular weight is 297 g/mol. The van der Waals surface area contributed by atoms with Gasteiger partial charge in [0.05, 0.1) is 10.6 Å². The van der Waals surface area contributed by atoms with Gasteiger partial charge in [0.15, 0.2) is 0 Å². The molecule has 0 aliphatic rings. The van der Waals surface area contributed by atoms with Crippen molar-refractivity contribution < 1.29 is 12.8 Å². The van der Waals surface area contributed by atoms with Crippen LogP contribution in [-0.2, 0) is 10.0 Å². The molecule has 0 spiro atoms. The quantitative estimate of drug-likeness (QED) is 0.880. The van der Waals surface area contributed by atoms with Crippen LogP contribution < -0.4 is 4.72 Å². The molecule has 0 amide bonds. The van der Waals surface area contributed by atoms with Gasteiger partial charge in [0.2, 0.25) is 0 Å². The molecule has 0 atom stereocenters. The average Bonchev–Trinajstić information content (AvgIpc) is 2.39. The van der Waals surface area contributed by atoms with Gasteiger partial charge in [-0.2, -0.15) is 0 Å². The number of benzene rings is 2. The van der Waals surface area contributed by atoms with Crippen LogP contribution in [0.4, 0.5) is 10.1 Å². The normalized spacial score (nSPS) is 11.3. The second kappa shape index (κ2) is 5.63. The molecule has 0 saturated carbocycles. The second-order valence-corrected chi connectivity index (χ2v) is 6.29. The number of hydrogen-bond acceptors (Lipinski definition) is 3. The molecule has 0 aliphatic heterocycles. The predicted molar refractivity (Wildman–Crippen MR) is 75.4 cm³/mol. The van der Waals surface area contributed by atoms with E-state index in [0.717, 1.165) is 11.0 Å². The van der Waals surface area contributed by atoms with Crippen molar-refractivity contribution in [3.63, 3.8) is 0 Å². The number of halogens is 1. The van der Waals surface area contributed by atoms with Crippen molar-refractivity contribution in [3.8, 4) is 0 Å². The van der Waals surface area contributed by atoms with Crippen LogP contribution >= 0.6 is 11.8 Å². The first-order valence-electron chi connectivity index (χ1n) is 5.44. The summed E-state index contributed by atoms with van der Waals surface area (Å²) < 4.78 is 39.8. The fraction of sp³-hybridized carbons (Fsp3) is 0.0769. The maximum absolute atomic E-state index is 13.1. The summed E-state index contributed by atoms with van der Waals surface area (Å²) in [5.74, 6) is -0.582. The van der Waals surface area contributed by atoms with Crippen molar-refractivity contribution in [2.75, 3.05) is 11.0 Å². The summed E-state index contributed by atoms with van der Waals surface area (Å²) in [6, 6.07) is 12.0. The molecule has 0 fully saturated rings. The molecule has 6 heteroatoms. The van der Waals surface area contributed by atoms with Gasteiger partial charge in [0.25, 0.3) is 10.0 Å². The van der Waals surface area contributed by atoms with Crippen molar-refractivity contribution in [2.45, 2.75) is 9.79 Å². The summed E-state index contributed by atoms with van der Waals surface area (Å²) in [7, 11) is -3.77. The number of hydrogen-bond donors (Lipinski definition) is 1. The molecule has 0 bridgehead atoms. The number of thioether (sulfide) groups is 1. The van der Waals surface area contributed by atoms with E-state index in [1.807, 2.05) is 18.4 Å². The molecule has 19 heavy (non-hydrogen) atoms. The lowest BCUT2D eigenvalue weighted by molar-refractivity contribution is 0.595. The molecule has 2 aromatic carbocycles. The monoisotopic (exact) mass is 297 g/mol. The molecule has 0 unspecified atom stereocenters. The van der Waals surface area contributed by atoms with Gasteiger partial charge < -0.3 is 0 Å². The summed E-state index contributed by atoms with van der Waals surface area (Å²) in [5, 5.41) is 0. The van der Waals surface area contributed by atoms with Crippen molar-refractivity contribution >= 4 is 27.5 Å². The molecule has 0 heterocycles. The molecule has 2 rings (SSSR count). The number of anilines is 1. The Morgan fingerprint density at radius 3 is 2.53 bits per heavy atom. The highest BCUT2D eigenvalue weighted by molar-refractivity contribution is 7.99. The van der Waals surface area contributed by atoms with Gasteiger partial charge in [-0.1, -0.05) is 18.2 Å². The van der Waals surface area contributed by atoms with Crippen molar-refractivity contribution in [1.29, 1.82) is 0 Å². The van der Waals surface area contributed by atoms with E-state index in [2.05, 4.69) is 4.72 Å². The Balaban J connectivity index is 2.37. The fourth-order valence-corrected chi connectivity index (χ4v) is 3.30. The zero-order chi connectivity index (χ0) is 13.9. The van der Waals surface area contributed by atoms with Gasteiger partial charge >= 0.3 is 0 Å². The van der Waals surface area contributed by atoms with E-state index in [1.165, 1.54) is 30.0 Å². The van der Waals surface area contributed by atoms with E-state index < -0.39 is 15.8 Å². The van der Waals surface area contributed by atoms with E-state index >= 15 is 0 Å². The third-order valence-electron chi connectivity index (χ3n) is 2.46. The number of para-hydroxylation sites is 1. The Kier molecular flexibility index (Phi) is 4.11. The van der Waals surface area contributed by atoms with E-state index in [-0.39, 0.29) is 4.90 Å². The minimum absolute atomic E-state index is 0.0941. The summed E-state index contributed by atoms with van der Waals surface area (Å²) >= 11 is 1.43. The summed E-state index contributed by atoms with van der Waals surface area (Å²) in [4.78, 5) is 0.714. The van der Waals surface area contributed by atoms with Crippen LogP contribution in [0.3, 0.4) is 0 Å². The molecular weight excluding hydrogens is 285 g/mol. The number of sulfonamides is 1. The van der Waals surface area contributed by atoms with E-state index in [4.69, 9.17) is 0 Å². The third kappa shape index (κ3) is 3.27. The zero-order valence-electron chi connectivity index (χ0n) is 10.1. The Morgan fingerprint density at radius 1 is 1.11 bits per heavy atom. The van der Waals surface area contributed by atoms with Gasteiger partial charge in [-0.05, 0) is 36.6 Å².